The molecule has 0 unspecified atom stereocenters. The standard InChI is InChI=1S/C12H19N3OS2/c1-10-13-14-12(18-10)17-9-11(16)15-7-5-3-2-4-6-8-15/h2-9H2,1H3. The van der Waals surface area contributed by atoms with Crippen LogP contribution in [-0.4, -0.2) is 39.8 Å². The summed E-state index contributed by atoms with van der Waals surface area (Å²) in [5, 5.41) is 8.94. The largest absolute Gasteiger partial charge is 0.342 e. The van der Waals surface area contributed by atoms with Crippen LogP contribution in [0, 0.1) is 6.92 Å². The van der Waals surface area contributed by atoms with Crippen molar-refractivity contribution in [2.24, 2.45) is 0 Å². The molecule has 0 spiro atoms. The average Bonchev–Trinajstić information content (AvgIpc) is 2.72. The van der Waals surface area contributed by atoms with Crippen molar-refractivity contribution in [1.82, 2.24) is 15.1 Å². The molecule has 2 heterocycles. The van der Waals surface area contributed by atoms with Gasteiger partial charge in [-0.2, -0.15) is 0 Å². The second kappa shape index (κ2) is 7.09. The third-order valence-electron chi connectivity index (χ3n) is 3.04. The van der Waals surface area contributed by atoms with Crippen molar-refractivity contribution in [2.45, 2.75) is 43.4 Å². The topological polar surface area (TPSA) is 46.1 Å². The summed E-state index contributed by atoms with van der Waals surface area (Å²) in [6.07, 6.45) is 6.13. The molecule has 0 N–H and O–H groups in total. The van der Waals surface area contributed by atoms with Gasteiger partial charge in [0.2, 0.25) is 5.91 Å². The lowest BCUT2D eigenvalue weighted by Gasteiger charge is -2.24. The summed E-state index contributed by atoms with van der Waals surface area (Å²) in [4.78, 5) is 14.1. The van der Waals surface area contributed by atoms with Crippen LogP contribution >= 0.6 is 23.1 Å². The lowest BCUT2D eigenvalue weighted by molar-refractivity contribution is -0.128. The van der Waals surface area contributed by atoms with Crippen LogP contribution in [0.1, 0.15) is 37.1 Å². The number of amides is 1. The Labute approximate surface area is 116 Å². The molecule has 1 aromatic heterocycles. The molecule has 0 saturated carbocycles. The van der Waals surface area contributed by atoms with E-state index in [0.717, 1.165) is 35.3 Å². The first-order valence-corrected chi connectivity index (χ1v) is 8.26. The van der Waals surface area contributed by atoms with Gasteiger partial charge >= 0.3 is 0 Å². The second-order valence-corrected chi connectivity index (χ2v) is 6.93. The normalized spacial score (nSPS) is 17.3. The molecule has 2 rings (SSSR count). The van der Waals surface area contributed by atoms with Crippen LogP contribution in [0.5, 0.6) is 0 Å². The fraction of sp³-hybridized carbons (Fsp3) is 0.750. The minimum atomic E-state index is 0.245. The third kappa shape index (κ3) is 4.24. The number of carbonyl (C=O) groups is 1. The van der Waals surface area contributed by atoms with Crippen molar-refractivity contribution in [3.63, 3.8) is 0 Å². The van der Waals surface area contributed by atoms with Crippen LogP contribution in [0.25, 0.3) is 0 Å². The lowest BCUT2D eigenvalue weighted by Crippen LogP contribution is -2.35. The summed E-state index contributed by atoms with van der Waals surface area (Å²) in [5.41, 5.74) is 0. The number of nitrogens with zero attached hydrogens (tertiary/aromatic N) is 3. The van der Waals surface area contributed by atoms with Crippen LogP contribution in [0.15, 0.2) is 4.34 Å². The maximum absolute atomic E-state index is 12.1. The molecule has 1 aliphatic rings. The molecule has 1 aliphatic heterocycles. The molecule has 100 valence electrons. The Morgan fingerprint density at radius 1 is 1.22 bits per heavy atom. The number of hydrogen-bond acceptors (Lipinski definition) is 5. The molecule has 1 fully saturated rings. The van der Waals surface area contributed by atoms with Gasteiger partial charge in [-0.25, -0.2) is 0 Å². The van der Waals surface area contributed by atoms with E-state index in [2.05, 4.69) is 10.2 Å². The average molecular weight is 285 g/mol. The summed E-state index contributed by atoms with van der Waals surface area (Å²) in [7, 11) is 0. The molecule has 1 aromatic rings. The Morgan fingerprint density at radius 2 is 1.89 bits per heavy atom. The number of aryl methyl sites for hydroxylation is 1. The zero-order chi connectivity index (χ0) is 12.8. The van der Waals surface area contributed by atoms with Crippen molar-refractivity contribution in [3.8, 4) is 0 Å². The van der Waals surface area contributed by atoms with Crippen molar-refractivity contribution < 1.29 is 4.79 Å². The third-order valence-corrected chi connectivity index (χ3v) is 4.99. The van der Waals surface area contributed by atoms with Crippen molar-refractivity contribution >= 4 is 29.0 Å². The van der Waals surface area contributed by atoms with Gasteiger partial charge in [0.15, 0.2) is 4.34 Å². The van der Waals surface area contributed by atoms with Gasteiger partial charge in [0.25, 0.3) is 0 Å². The summed E-state index contributed by atoms with van der Waals surface area (Å²) >= 11 is 3.06. The van der Waals surface area contributed by atoms with Gasteiger partial charge in [-0.05, 0) is 19.8 Å². The maximum atomic E-state index is 12.1. The fourth-order valence-electron chi connectivity index (χ4n) is 2.05. The van der Waals surface area contributed by atoms with Crippen molar-refractivity contribution in [1.29, 1.82) is 0 Å². The molecule has 4 nitrogen and oxygen atoms in total. The zero-order valence-electron chi connectivity index (χ0n) is 10.7. The number of hydrogen-bond donors (Lipinski definition) is 0. The van der Waals surface area contributed by atoms with Gasteiger partial charge in [0, 0.05) is 13.1 Å². The van der Waals surface area contributed by atoms with E-state index in [1.54, 1.807) is 11.3 Å². The molecule has 1 saturated heterocycles. The van der Waals surface area contributed by atoms with Gasteiger partial charge in [-0.15, -0.1) is 10.2 Å². The summed E-state index contributed by atoms with van der Waals surface area (Å²) in [6.45, 7) is 3.78. The van der Waals surface area contributed by atoms with Gasteiger partial charge in [0.1, 0.15) is 5.01 Å². The Morgan fingerprint density at radius 3 is 2.50 bits per heavy atom. The van der Waals surface area contributed by atoms with Crippen LogP contribution in [0.4, 0.5) is 0 Å². The van der Waals surface area contributed by atoms with Crippen LogP contribution in [0.3, 0.4) is 0 Å². The highest BCUT2D eigenvalue weighted by molar-refractivity contribution is 8.01. The van der Waals surface area contributed by atoms with Gasteiger partial charge in [0.05, 0.1) is 5.75 Å². The Hall–Kier alpha value is -0.620. The first-order chi connectivity index (χ1) is 8.75. The van der Waals surface area contributed by atoms with Gasteiger partial charge < -0.3 is 4.90 Å². The fourth-order valence-corrected chi connectivity index (χ4v) is 3.77. The van der Waals surface area contributed by atoms with E-state index < -0.39 is 0 Å². The first-order valence-electron chi connectivity index (χ1n) is 6.46. The zero-order valence-corrected chi connectivity index (χ0v) is 12.4. The van der Waals surface area contributed by atoms with Crippen LogP contribution in [0.2, 0.25) is 0 Å². The van der Waals surface area contributed by atoms with E-state index in [9.17, 15) is 4.79 Å². The molecule has 0 bridgehead atoms. The minimum Gasteiger partial charge on any atom is -0.342 e. The Balaban J connectivity index is 1.79. The highest BCUT2D eigenvalue weighted by Crippen LogP contribution is 2.22. The number of thioether (sulfide) groups is 1. The molecular formula is C12H19N3OS2. The van der Waals surface area contributed by atoms with E-state index in [4.69, 9.17) is 0 Å². The second-order valence-electron chi connectivity index (χ2n) is 4.52. The monoisotopic (exact) mass is 285 g/mol. The van der Waals surface area contributed by atoms with Crippen LogP contribution in [-0.2, 0) is 4.79 Å². The molecule has 0 radical (unpaired) electrons. The summed E-state index contributed by atoms with van der Waals surface area (Å²) in [6, 6.07) is 0. The number of likely N-dealkylation sites (tertiary alicyclic amines) is 1. The molecule has 0 atom stereocenters. The number of rotatable bonds is 3. The predicted molar refractivity (Wildman–Crippen MR) is 75.0 cm³/mol. The molecule has 18 heavy (non-hydrogen) atoms. The van der Waals surface area contributed by atoms with E-state index in [0.29, 0.717) is 5.75 Å². The van der Waals surface area contributed by atoms with E-state index >= 15 is 0 Å². The first kappa shape index (κ1) is 13.8. The highest BCUT2D eigenvalue weighted by Gasteiger charge is 2.15. The minimum absolute atomic E-state index is 0.245. The number of carbonyl (C=O) groups excluding carboxylic acids is 1. The van der Waals surface area contributed by atoms with Crippen molar-refractivity contribution in [2.75, 3.05) is 18.8 Å². The molecule has 1 amide bonds. The number of aromatic nitrogens is 2. The molecular weight excluding hydrogens is 266 g/mol. The molecule has 0 aliphatic carbocycles. The van der Waals surface area contributed by atoms with Crippen molar-refractivity contribution in [3.05, 3.63) is 5.01 Å². The Bertz CT molecular complexity index is 386. The molecule has 6 heteroatoms. The smallest absolute Gasteiger partial charge is 0.233 e. The Kier molecular flexibility index (Phi) is 5.44. The summed E-state index contributed by atoms with van der Waals surface area (Å²) in [5.74, 6) is 0.740. The highest BCUT2D eigenvalue weighted by atomic mass is 32.2. The van der Waals surface area contributed by atoms with Crippen LogP contribution < -0.4 is 0 Å². The lowest BCUT2D eigenvalue weighted by atomic mass is 10.1. The van der Waals surface area contributed by atoms with E-state index in [1.807, 2.05) is 11.8 Å². The summed E-state index contributed by atoms with van der Waals surface area (Å²) < 4.78 is 0.896. The SMILES string of the molecule is Cc1nnc(SCC(=O)N2CCCCCCC2)s1. The van der Waals surface area contributed by atoms with Gasteiger partial charge in [-0.3, -0.25) is 4.79 Å². The van der Waals surface area contributed by atoms with E-state index in [-0.39, 0.29) is 5.91 Å². The molecule has 0 aromatic carbocycles. The van der Waals surface area contributed by atoms with Gasteiger partial charge in [-0.1, -0.05) is 42.4 Å². The predicted octanol–water partition coefficient (Wildman–Crippen LogP) is 2.73. The van der Waals surface area contributed by atoms with E-state index in [1.165, 1.54) is 31.0 Å². The quantitative estimate of drug-likeness (QED) is 0.801. The maximum Gasteiger partial charge on any atom is 0.233 e.